The minimum Gasteiger partial charge on any atom is -0.383 e. The fourth-order valence-corrected chi connectivity index (χ4v) is 3.52. The third kappa shape index (κ3) is 3.00. The van der Waals surface area contributed by atoms with Crippen LogP contribution in [0.25, 0.3) is 11.3 Å². The van der Waals surface area contributed by atoms with Crippen molar-refractivity contribution in [3.8, 4) is 17.3 Å². The van der Waals surface area contributed by atoms with Crippen molar-refractivity contribution in [1.82, 2.24) is 14.8 Å². The number of nitrogens with two attached hydrogens (primary N) is 1. The van der Waals surface area contributed by atoms with Crippen LogP contribution in [0.5, 0.6) is 0 Å². The van der Waals surface area contributed by atoms with Gasteiger partial charge in [-0.2, -0.15) is 10.4 Å². The largest absolute Gasteiger partial charge is 0.383 e. The molecule has 24 heavy (non-hydrogen) atoms. The zero-order chi connectivity index (χ0) is 17.5. The first-order valence-electron chi connectivity index (χ1n) is 8.16. The molecule has 2 aromatic heterocycles. The highest BCUT2D eigenvalue weighted by Crippen LogP contribution is 2.39. The van der Waals surface area contributed by atoms with Gasteiger partial charge in [0.05, 0.1) is 22.6 Å². The van der Waals surface area contributed by atoms with Gasteiger partial charge in [0, 0.05) is 25.4 Å². The van der Waals surface area contributed by atoms with E-state index in [1.54, 1.807) is 4.68 Å². The van der Waals surface area contributed by atoms with Crippen molar-refractivity contribution in [3.63, 3.8) is 0 Å². The van der Waals surface area contributed by atoms with Crippen molar-refractivity contribution in [2.45, 2.75) is 45.1 Å². The topological polar surface area (TPSA) is 89.8 Å². The van der Waals surface area contributed by atoms with Gasteiger partial charge >= 0.3 is 0 Å². The molecule has 1 unspecified atom stereocenters. The summed E-state index contributed by atoms with van der Waals surface area (Å²) in [5.41, 5.74) is 9.99. The molecule has 126 valence electrons. The molecule has 1 atom stereocenters. The van der Waals surface area contributed by atoms with Gasteiger partial charge in [-0.05, 0) is 51.2 Å². The average Bonchev–Trinajstić information content (AvgIpc) is 2.84. The summed E-state index contributed by atoms with van der Waals surface area (Å²) in [4.78, 5) is 4.45. The van der Waals surface area contributed by atoms with E-state index in [0.29, 0.717) is 12.2 Å². The Balaban J connectivity index is 2.11. The molecule has 1 aliphatic rings. The van der Waals surface area contributed by atoms with Gasteiger partial charge in [-0.3, -0.25) is 4.68 Å². The Morgan fingerprint density at radius 3 is 2.79 bits per heavy atom. The second-order valence-corrected chi connectivity index (χ2v) is 7.07. The first-order chi connectivity index (χ1) is 11.3. The number of nitrogens with zero attached hydrogens (tertiary/aromatic N) is 4. The average molecular weight is 325 g/mol. The van der Waals surface area contributed by atoms with Crippen molar-refractivity contribution in [1.29, 1.82) is 5.26 Å². The molecule has 1 fully saturated rings. The van der Waals surface area contributed by atoms with Crippen LogP contribution in [0.3, 0.4) is 0 Å². The van der Waals surface area contributed by atoms with Crippen molar-refractivity contribution in [3.05, 3.63) is 29.1 Å². The summed E-state index contributed by atoms with van der Waals surface area (Å²) in [6.45, 7) is 6.80. The molecule has 1 saturated heterocycles. The van der Waals surface area contributed by atoms with Gasteiger partial charge < -0.3 is 10.5 Å². The van der Waals surface area contributed by atoms with E-state index in [2.05, 4.69) is 30.0 Å². The number of anilines is 1. The smallest absolute Gasteiger partial charge is 0.142 e. The van der Waals surface area contributed by atoms with Gasteiger partial charge in [0.25, 0.3) is 0 Å². The third-order valence-electron chi connectivity index (χ3n) is 4.62. The fraction of sp³-hybridized carbons (Fsp3) is 0.500. The van der Waals surface area contributed by atoms with Crippen LogP contribution in [0.4, 0.5) is 5.82 Å². The molecule has 0 bridgehead atoms. The predicted octanol–water partition coefficient (Wildman–Crippen LogP) is 2.92. The highest BCUT2D eigenvalue weighted by molar-refractivity contribution is 5.68. The van der Waals surface area contributed by atoms with Crippen LogP contribution >= 0.6 is 0 Å². The number of nitrogen functional groups attached to an aromatic ring is 1. The van der Waals surface area contributed by atoms with E-state index in [-0.39, 0.29) is 17.3 Å². The van der Waals surface area contributed by atoms with Crippen LogP contribution in [0.2, 0.25) is 0 Å². The Morgan fingerprint density at radius 2 is 2.21 bits per heavy atom. The van der Waals surface area contributed by atoms with E-state index >= 15 is 0 Å². The molecule has 0 radical (unpaired) electrons. The first kappa shape index (κ1) is 16.5. The molecule has 6 nitrogen and oxygen atoms in total. The van der Waals surface area contributed by atoms with Crippen LogP contribution in [-0.2, 0) is 11.8 Å². The molecule has 2 N–H and O–H groups in total. The van der Waals surface area contributed by atoms with Crippen LogP contribution < -0.4 is 5.73 Å². The lowest BCUT2D eigenvalue weighted by Gasteiger charge is -2.36. The molecule has 0 aliphatic carbocycles. The van der Waals surface area contributed by atoms with Gasteiger partial charge in [-0.1, -0.05) is 0 Å². The molecule has 6 heteroatoms. The van der Waals surface area contributed by atoms with Crippen molar-refractivity contribution in [2.24, 2.45) is 7.05 Å². The van der Waals surface area contributed by atoms with Gasteiger partial charge in [0.2, 0.25) is 0 Å². The standard InChI is InChI=1S/C18H23N5O/c1-11-15(10-23(4)22-11)16-7-13(14(9-19)17(20)21-16)12-5-6-24-18(2,3)8-12/h7,10,12H,5-6,8H2,1-4H3,(H2,20,21). The van der Waals surface area contributed by atoms with Gasteiger partial charge in [0.15, 0.2) is 0 Å². The zero-order valence-electron chi connectivity index (χ0n) is 14.6. The molecule has 0 saturated carbocycles. The van der Waals surface area contributed by atoms with Crippen molar-refractivity contribution in [2.75, 3.05) is 12.3 Å². The molecule has 3 heterocycles. The van der Waals surface area contributed by atoms with E-state index in [0.717, 1.165) is 35.4 Å². The van der Waals surface area contributed by atoms with E-state index in [1.807, 2.05) is 26.2 Å². The van der Waals surface area contributed by atoms with Crippen LogP contribution in [0.15, 0.2) is 12.3 Å². The monoisotopic (exact) mass is 325 g/mol. The lowest BCUT2D eigenvalue weighted by Crippen LogP contribution is -2.33. The minimum absolute atomic E-state index is 0.196. The van der Waals surface area contributed by atoms with Crippen LogP contribution in [-0.4, -0.2) is 27.0 Å². The Morgan fingerprint density at radius 1 is 1.46 bits per heavy atom. The Hall–Kier alpha value is -2.39. The maximum Gasteiger partial charge on any atom is 0.142 e. The summed E-state index contributed by atoms with van der Waals surface area (Å²) < 4.78 is 7.58. The number of hydrogen-bond acceptors (Lipinski definition) is 5. The molecule has 0 spiro atoms. The number of nitriles is 1. The Labute approximate surface area is 142 Å². The Bertz CT molecular complexity index is 816. The summed E-state index contributed by atoms with van der Waals surface area (Å²) >= 11 is 0. The number of pyridine rings is 1. The number of aromatic nitrogens is 3. The third-order valence-corrected chi connectivity index (χ3v) is 4.62. The van der Waals surface area contributed by atoms with Crippen LogP contribution in [0, 0.1) is 18.3 Å². The SMILES string of the molecule is Cc1nn(C)cc1-c1cc(C2CCOC(C)(C)C2)c(C#N)c(N)n1. The van der Waals surface area contributed by atoms with Crippen molar-refractivity contribution >= 4 is 5.82 Å². The molecular weight excluding hydrogens is 302 g/mol. The second-order valence-electron chi connectivity index (χ2n) is 7.07. The van der Waals surface area contributed by atoms with Gasteiger partial charge in [0.1, 0.15) is 11.9 Å². The predicted molar refractivity (Wildman–Crippen MR) is 92.3 cm³/mol. The summed E-state index contributed by atoms with van der Waals surface area (Å²) in [5, 5.41) is 13.9. The maximum atomic E-state index is 9.56. The van der Waals surface area contributed by atoms with Gasteiger partial charge in [-0.25, -0.2) is 4.98 Å². The summed E-state index contributed by atoms with van der Waals surface area (Å²) in [6, 6.07) is 4.24. The molecular formula is C18H23N5O. The van der Waals surface area contributed by atoms with Crippen LogP contribution in [0.1, 0.15) is 49.4 Å². The highest BCUT2D eigenvalue weighted by Gasteiger charge is 2.32. The molecule has 3 rings (SSSR count). The van der Waals surface area contributed by atoms with E-state index in [4.69, 9.17) is 10.5 Å². The normalized spacial score (nSPS) is 19.9. The van der Waals surface area contributed by atoms with Crippen molar-refractivity contribution < 1.29 is 4.74 Å². The molecule has 1 aliphatic heterocycles. The summed E-state index contributed by atoms with van der Waals surface area (Å²) in [5.74, 6) is 0.530. The first-order valence-corrected chi connectivity index (χ1v) is 8.16. The zero-order valence-corrected chi connectivity index (χ0v) is 14.6. The highest BCUT2D eigenvalue weighted by atomic mass is 16.5. The number of aryl methyl sites for hydroxylation is 2. The van der Waals surface area contributed by atoms with Gasteiger partial charge in [-0.15, -0.1) is 0 Å². The lowest BCUT2D eigenvalue weighted by molar-refractivity contribution is -0.0593. The second kappa shape index (κ2) is 5.91. The van der Waals surface area contributed by atoms with E-state index in [9.17, 15) is 5.26 Å². The quantitative estimate of drug-likeness (QED) is 0.917. The fourth-order valence-electron chi connectivity index (χ4n) is 3.52. The molecule has 0 aromatic carbocycles. The maximum absolute atomic E-state index is 9.56. The van der Waals surface area contributed by atoms with E-state index in [1.165, 1.54) is 0 Å². The lowest BCUT2D eigenvalue weighted by atomic mass is 9.81. The summed E-state index contributed by atoms with van der Waals surface area (Å²) in [7, 11) is 1.88. The number of rotatable bonds is 2. The number of hydrogen-bond donors (Lipinski definition) is 1. The molecule has 0 amide bonds. The minimum atomic E-state index is -0.196. The summed E-state index contributed by atoms with van der Waals surface area (Å²) in [6.07, 6.45) is 3.67. The Kier molecular flexibility index (Phi) is 4.06. The molecule has 2 aromatic rings. The number of ether oxygens (including phenoxy) is 1. The van der Waals surface area contributed by atoms with E-state index < -0.39 is 0 Å².